The van der Waals surface area contributed by atoms with Gasteiger partial charge in [0.05, 0.1) is 17.8 Å². The van der Waals surface area contributed by atoms with E-state index in [9.17, 15) is 0 Å². The van der Waals surface area contributed by atoms with Crippen LogP contribution in [-0.4, -0.2) is 25.6 Å². The van der Waals surface area contributed by atoms with E-state index in [1.54, 1.807) is 0 Å². The molecule has 0 saturated heterocycles. The third-order valence-corrected chi connectivity index (χ3v) is 6.39. The molecule has 6 rings (SSSR count). The minimum Gasteiger partial charge on any atom is -0.349 e. The van der Waals surface area contributed by atoms with Crippen molar-refractivity contribution >= 4 is 16.7 Å². The molecule has 1 aromatic carbocycles. The number of aromatic nitrogens is 4. The van der Waals surface area contributed by atoms with Crippen molar-refractivity contribution in [2.75, 3.05) is 11.4 Å². The lowest BCUT2D eigenvalue weighted by atomic mass is 10.1. The fraction of sp³-hybridized carbons (Fsp3) is 0.333. The molecule has 0 spiro atoms. The van der Waals surface area contributed by atoms with E-state index in [0.717, 1.165) is 31.9 Å². The van der Waals surface area contributed by atoms with Gasteiger partial charge < -0.3 is 14.0 Å². The van der Waals surface area contributed by atoms with E-state index < -0.39 is 0 Å². The summed E-state index contributed by atoms with van der Waals surface area (Å²) >= 11 is 0. The Morgan fingerprint density at radius 1 is 1.07 bits per heavy atom. The molecule has 2 aliphatic rings. The minimum absolute atomic E-state index is 0.684. The maximum Gasteiger partial charge on any atom is 0.153 e. The predicted molar refractivity (Wildman–Crippen MR) is 115 cm³/mol. The van der Waals surface area contributed by atoms with Crippen LogP contribution in [0.15, 0.2) is 54.9 Å². The number of imidazole rings is 1. The number of pyridine rings is 1. The molecule has 1 fully saturated rings. The molecule has 0 amide bonds. The number of hydrogen-bond acceptors (Lipinski definition) is 3. The molecule has 0 atom stereocenters. The maximum atomic E-state index is 5.03. The van der Waals surface area contributed by atoms with Crippen molar-refractivity contribution < 1.29 is 0 Å². The quantitative estimate of drug-likeness (QED) is 0.529. The van der Waals surface area contributed by atoms with E-state index in [0.29, 0.717) is 5.92 Å². The Kier molecular flexibility index (Phi) is 3.76. The fourth-order valence-corrected chi connectivity index (χ4v) is 4.71. The number of benzene rings is 1. The van der Waals surface area contributed by atoms with Crippen LogP contribution in [0, 0.1) is 0 Å². The Morgan fingerprint density at radius 2 is 1.93 bits per heavy atom. The standard InChI is InChI=1S/C24H25N5/c1-27-21-11-14-29(16-20(21)26-23(27)19-7-8-19)24-22-18(9-12-25-24)10-13-28(22)15-17-5-3-2-4-6-17/h2-6,9-10,12-13,19H,7-8,11,14-16H2,1H3. The molecule has 1 saturated carbocycles. The average Bonchev–Trinajstić information content (AvgIpc) is 3.45. The van der Waals surface area contributed by atoms with E-state index in [1.165, 1.54) is 46.5 Å². The van der Waals surface area contributed by atoms with Crippen LogP contribution in [-0.2, 0) is 26.6 Å². The highest BCUT2D eigenvalue weighted by molar-refractivity contribution is 5.90. The van der Waals surface area contributed by atoms with E-state index in [4.69, 9.17) is 9.97 Å². The monoisotopic (exact) mass is 383 g/mol. The summed E-state index contributed by atoms with van der Waals surface area (Å²) in [5.74, 6) is 3.05. The lowest BCUT2D eigenvalue weighted by Gasteiger charge is -2.28. The molecule has 3 aromatic heterocycles. The highest BCUT2D eigenvalue weighted by Crippen LogP contribution is 2.40. The summed E-state index contributed by atoms with van der Waals surface area (Å²) in [7, 11) is 2.19. The first-order valence-corrected chi connectivity index (χ1v) is 10.5. The lowest BCUT2D eigenvalue weighted by molar-refractivity contribution is 0.670. The van der Waals surface area contributed by atoms with Crippen molar-refractivity contribution in [2.24, 2.45) is 7.05 Å². The first-order chi connectivity index (χ1) is 14.3. The Hall–Kier alpha value is -3.08. The van der Waals surface area contributed by atoms with Crippen LogP contribution < -0.4 is 4.90 Å². The van der Waals surface area contributed by atoms with E-state index in [-0.39, 0.29) is 0 Å². The van der Waals surface area contributed by atoms with Crippen LogP contribution in [0.25, 0.3) is 10.9 Å². The van der Waals surface area contributed by atoms with Crippen LogP contribution in [0.3, 0.4) is 0 Å². The van der Waals surface area contributed by atoms with Gasteiger partial charge in [0.25, 0.3) is 0 Å². The molecule has 29 heavy (non-hydrogen) atoms. The second kappa shape index (κ2) is 6.48. The Labute approximate surface area is 170 Å². The zero-order valence-electron chi connectivity index (χ0n) is 16.8. The number of hydrogen-bond donors (Lipinski definition) is 0. The highest BCUT2D eigenvalue weighted by Gasteiger charge is 2.32. The molecule has 5 heteroatoms. The molecule has 1 aliphatic carbocycles. The topological polar surface area (TPSA) is 38.9 Å². The molecule has 0 unspecified atom stereocenters. The molecule has 0 N–H and O–H groups in total. The summed E-state index contributed by atoms with van der Waals surface area (Å²) in [4.78, 5) is 12.3. The average molecular weight is 383 g/mol. The van der Waals surface area contributed by atoms with Crippen molar-refractivity contribution in [1.29, 1.82) is 0 Å². The zero-order valence-corrected chi connectivity index (χ0v) is 16.8. The molecule has 0 radical (unpaired) electrons. The van der Waals surface area contributed by atoms with Crippen LogP contribution in [0.2, 0.25) is 0 Å². The molecular weight excluding hydrogens is 358 g/mol. The Bertz CT molecular complexity index is 1180. The van der Waals surface area contributed by atoms with E-state index in [1.807, 2.05) is 6.20 Å². The lowest BCUT2D eigenvalue weighted by Crippen LogP contribution is -2.32. The third-order valence-electron chi connectivity index (χ3n) is 6.39. The second-order valence-electron chi connectivity index (χ2n) is 8.37. The number of nitrogens with zero attached hydrogens (tertiary/aromatic N) is 5. The van der Waals surface area contributed by atoms with Gasteiger partial charge in [-0.25, -0.2) is 9.97 Å². The molecule has 1 aliphatic heterocycles. The van der Waals surface area contributed by atoms with Crippen molar-refractivity contribution in [1.82, 2.24) is 19.1 Å². The number of fused-ring (bicyclic) bond motifs is 2. The van der Waals surface area contributed by atoms with Gasteiger partial charge in [-0.1, -0.05) is 30.3 Å². The van der Waals surface area contributed by atoms with Gasteiger partial charge >= 0.3 is 0 Å². The van der Waals surface area contributed by atoms with Crippen LogP contribution >= 0.6 is 0 Å². The predicted octanol–water partition coefficient (Wildman–Crippen LogP) is 4.26. The summed E-state index contributed by atoms with van der Waals surface area (Å²) in [6, 6.07) is 14.9. The second-order valence-corrected chi connectivity index (χ2v) is 8.37. The molecule has 4 heterocycles. The van der Waals surface area contributed by atoms with Crippen molar-refractivity contribution in [3.8, 4) is 0 Å². The molecule has 4 aromatic rings. The van der Waals surface area contributed by atoms with E-state index >= 15 is 0 Å². The maximum absolute atomic E-state index is 5.03. The van der Waals surface area contributed by atoms with Crippen LogP contribution in [0.5, 0.6) is 0 Å². The molecule has 0 bridgehead atoms. The fourth-order valence-electron chi connectivity index (χ4n) is 4.71. The van der Waals surface area contributed by atoms with Gasteiger partial charge in [0.15, 0.2) is 5.82 Å². The first kappa shape index (κ1) is 16.8. The van der Waals surface area contributed by atoms with Gasteiger partial charge in [-0.2, -0.15) is 0 Å². The Balaban J connectivity index is 1.37. The van der Waals surface area contributed by atoms with Crippen LogP contribution in [0.1, 0.15) is 41.5 Å². The van der Waals surface area contributed by atoms with Crippen LogP contribution in [0.4, 0.5) is 5.82 Å². The van der Waals surface area contributed by atoms with Gasteiger partial charge in [-0.3, -0.25) is 0 Å². The highest BCUT2D eigenvalue weighted by atomic mass is 15.2. The van der Waals surface area contributed by atoms with Gasteiger partial charge in [-0.05, 0) is 30.5 Å². The third kappa shape index (κ3) is 2.84. The van der Waals surface area contributed by atoms with Crippen molar-refractivity contribution in [3.05, 3.63) is 77.6 Å². The van der Waals surface area contributed by atoms with Crippen molar-refractivity contribution in [3.63, 3.8) is 0 Å². The summed E-state index contributed by atoms with van der Waals surface area (Å²) in [6.45, 7) is 2.69. The van der Waals surface area contributed by atoms with Gasteiger partial charge in [0.1, 0.15) is 5.82 Å². The summed E-state index contributed by atoms with van der Waals surface area (Å²) in [5.41, 5.74) is 5.17. The molecular formula is C24H25N5. The smallest absolute Gasteiger partial charge is 0.153 e. The normalized spacial score (nSPS) is 16.4. The van der Waals surface area contributed by atoms with Gasteiger partial charge in [0.2, 0.25) is 0 Å². The van der Waals surface area contributed by atoms with Gasteiger partial charge in [0, 0.05) is 55.9 Å². The summed E-state index contributed by atoms with van der Waals surface area (Å²) < 4.78 is 4.69. The minimum atomic E-state index is 0.684. The Morgan fingerprint density at radius 3 is 2.76 bits per heavy atom. The zero-order chi connectivity index (χ0) is 19.4. The molecule has 5 nitrogen and oxygen atoms in total. The SMILES string of the molecule is Cn1c(C2CC2)nc2c1CCN(c1nccc3ccn(Cc4ccccc4)c13)C2. The van der Waals surface area contributed by atoms with Gasteiger partial charge in [-0.15, -0.1) is 0 Å². The summed E-state index contributed by atoms with van der Waals surface area (Å²) in [6.07, 6.45) is 7.74. The number of anilines is 1. The first-order valence-electron chi connectivity index (χ1n) is 10.5. The molecule has 146 valence electrons. The summed E-state index contributed by atoms with van der Waals surface area (Å²) in [5, 5.41) is 1.25. The van der Waals surface area contributed by atoms with Crippen molar-refractivity contribution in [2.45, 2.75) is 38.3 Å². The number of rotatable bonds is 4. The largest absolute Gasteiger partial charge is 0.349 e. The van der Waals surface area contributed by atoms with E-state index in [2.05, 4.69) is 69.7 Å².